The van der Waals surface area contributed by atoms with E-state index >= 15 is 4.79 Å². The summed E-state index contributed by atoms with van der Waals surface area (Å²) in [6, 6.07) is 10.5. The molecule has 11 heteroatoms. The maximum atomic E-state index is 15.2. The van der Waals surface area contributed by atoms with Crippen LogP contribution in [0.25, 0.3) is 0 Å². The summed E-state index contributed by atoms with van der Waals surface area (Å²) in [5.41, 5.74) is 2.19. The first-order valence-electron chi connectivity index (χ1n) is 16.1. The standard InChI is InChI=1S/C36H50N4O7/c1-21(2)18-29(34(44)46-9)40(31(32(42)37-22(3)4)24-14-16-28(17-15-24)38-23(5)41)33(43)30(39-35(45)47-36(6,7)8)27-19-25-12-10-11-13-26(25)20-27/h10-17,21-22,27,29-31H,18-20H2,1-9H3,(H,37,42)(H,38,41)(H,39,45)/t29-,30-,31?/m1/s1. The molecule has 0 fully saturated rings. The molecule has 3 rings (SSSR count). The lowest BCUT2D eigenvalue weighted by Gasteiger charge is -2.40. The third kappa shape index (κ3) is 10.3. The molecule has 0 saturated carbocycles. The van der Waals surface area contributed by atoms with Crippen molar-refractivity contribution in [1.29, 1.82) is 0 Å². The summed E-state index contributed by atoms with van der Waals surface area (Å²) >= 11 is 0. The van der Waals surface area contributed by atoms with E-state index < -0.39 is 47.6 Å². The van der Waals surface area contributed by atoms with Crippen LogP contribution in [-0.2, 0) is 41.5 Å². The summed E-state index contributed by atoms with van der Waals surface area (Å²) in [4.78, 5) is 69.2. The zero-order chi connectivity index (χ0) is 35.1. The highest BCUT2D eigenvalue weighted by Crippen LogP contribution is 2.34. The molecule has 47 heavy (non-hydrogen) atoms. The van der Waals surface area contributed by atoms with Gasteiger partial charge < -0.3 is 30.3 Å². The van der Waals surface area contributed by atoms with E-state index in [0.717, 1.165) is 11.1 Å². The first-order chi connectivity index (χ1) is 22.0. The maximum absolute atomic E-state index is 15.2. The lowest BCUT2D eigenvalue weighted by atomic mass is 9.91. The van der Waals surface area contributed by atoms with Crippen LogP contribution in [0.4, 0.5) is 10.5 Å². The van der Waals surface area contributed by atoms with Gasteiger partial charge in [0.25, 0.3) is 0 Å². The monoisotopic (exact) mass is 650 g/mol. The van der Waals surface area contributed by atoms with E-state index in [1.54, 1.807) is 58.9 Å². The molecule has 0 aromatic heterocycles. The Morgan fingerprint density at radius 1 is 0.894 bits per heavy atom. The second-order valence-electron chi connectivity index (χ2n) is 13.8. The number of carbonyl (C=O) groups is 5. The van der Waals surface area contributed by atoms with Crippen molar-refractivity contribution in [1.82, 2.24) is 15.5 Å². The summed E-state index contributed by atoms with van der Waals surface area (Å²) < 4.78 is 10.8. The molecule has 3 N–H and O–H groups in total. The number of hydrogen-bond acceptors (Lipinski definition) is 7. The number of nitrogens with one attached hydrogen (secondary N) is 3. The third-order valence-corrected chi connectivity index (χ3v) is 7.75. The van der Waals surface area contributed by atoms with Crippen LogP contribution in [0.15, 0.2) is 48.5 Å². The molecule has 1 unspecified atom stereocenters. The Bertz CT molecular complexity index is 1410. The maximum Gasteiger partial charge on any atom is 0.408 e. The average Bonchev–Trinajstić information content (AvgIpc) is 3.40. The van der Waals surface area contributed by atoms with E-state index in [1.165, 1.54) is 18.9 Å². The Balaban J connectivity index is 2.23. The van der Waals surface area contributed by atoms with Crippen molar-refractivity contribution in [2.45, 2.75) is 104 Å². The van der Waals surface area contributed by atoms with Crippen LogP contribution >= 0.6 is 0 Å². The van der Waals surface area contributed by atoms with Crippen LogP contribution in [0, 0.1) is 11.8 Å². The van der Waals surface area contributed by atoms with E-state index in [-0.39, 0.29) is 30.2 Å². The van der Waals surface area contributed by atoms with Gasteiger partial charge in [0.2, 0.25) is 17.7 Å². The van der Waals surface area contributed by atoms with E-state index in [2.05, 4.69) is 16.0 Å². The van der Waals surface area contributed by atoms with Gasteiger partial charge in [-0.25, -0.2) is 9.59 Å². The minimum atomic E-state index is -1.29. The van der Waals surface area contributed by atoms with Crippen LogP contribution in [0.3, 0.4) is 0 Å². The smallest absolute Gasteiger partial charge is 0.408 e. The lowest BCUT2D eigenvalue weighted by molar-refractivity contribution is -0.159. The molecule has 11 nitrogen and oxygen atoms in total. The summed E-state index contributed by atoms with van der Waals surface area (Å²) in [5, 5.41) is 8.45. The second kappa shape index (κ2) is 15.9. The molecule has 2 aromatic rings. The summed E-state index contributed by atoms with van der Waals surface area (Å²) in [6.07, 6.45) is 0.403. The Morgan fingerprint density at radius 3 is 1.94 bits per heavy atom. The number of ether oxygens (including phenoxy) is 2. The van der Waals surface area contributed by atoms with Crippen molar-refractivity contribution in [2.24, 2.45) is 11.8 Å². The predicted octanol–water partition coefficient (Wildman–Crippen LogP) is 4.94. The van der Waals surface area contributed by atoms with Crippen LogP contribution in [0.2, 0.25) is 0 Å². The fourth-order valence-electron chi connectivity index (χ4n) is 5.93. The van der Waals surface area contributed by atoms with E-state index in [4.69, 9.17) is 9.47 Å². The molecule has 1 aliphatic carbocycles. The van der Waals surface area contributed by atoms with Gasteiger partial charge in [-0.1, -0.05) is 50.2 Å². The van der Waals surface area contributed by atoms with Crippen LogP contribution in [-0.4, -0.2) is 65.5 Å². The Labute approximate surface area is 278 Å². The fraction of sp³-hybridized carbons (Fsp3) is 0.528. The number of methoxy groups -OCH3 is 1. The average molecular weight is 651 g/mol. The topological polar surface area (TPSA) is 143 Å². The zero-order valence-corrected chi connectivity index (χ0v) is 29.0. The van der Waals surface area contributed by atoms with Gasteiger partial charge in [0, 0.05) is 18.7 Å². The molecule has 2 aromatic carbocycles. The van der Waals surface area contributed by atoms with Gasteiger partial charge in [-0.15, -0.1) is 0 Å². The van der Waals surface area contributed by atoms with Gasteiger partial charge in [0.15, 0.2) is 0 Å². The van der Waals surface area contributed by atoms with Gasteiger partial charge in [0.05, 0.1) is 7.11 Å². The zero-order valence-electron chi connectivity index (χ0n) is 29.0. The Morgan fingerprint density at radius 2 is 1.47 bits per heavy atom. The molecule has 0 radical (unpaired) electrons. The molecule has 3 atom stereocenters. The van der Waals surface area contributed by atoms with Gasteiger partial charge in [0.1, 0.15) is 23.7 Å². The highest BCUT2D eigenvalue weighted by Gasteiger charge is 2.46. The number of rotatable bonds is 12. The van der Waals surface area contributed by atoms with Crippen LogP contribution in [0.5, 0.6) is 0 Å². The highest BCUT2D eigenvalue weighted by molar-refractivity contribution is 5.96. The quantitative estimate of drug-likeness (QED) is 0.276. The Hall–Kier alpha value is -4.41. The van der Waals surface area contributed by atoms with Gasteiger partial charge in [-0.05, 0) is 94.5 Å². The van der Waals surface area contributed by atoms with Crippen molar-refractivity contribution >= 4 is 35.5 Å². The summed E-state index contributed by atoms with van der Waals surface area (Å²) in [7, 11) is 1.24. The normalized spacial score (nSPS) is 14.9. The molecule has 1 aliphatic rings. The number of anilines is 1. The number of esters is 1. The number of fused-ring (bicyclic) bond motifs is 1. The largest absolute Gasteiger partial charge is 0.467 e. The number of hydrogen-bond donors (Lipinski definition) is 3. The second-order valence-corrected chi connectivity index (χ2v) is 13.8. The fourth-order valence-corrected chi connectivity index (χ4v) is 5.93. The van der Waals surface area contributed by atoms with Crippen molar-refractivity contribution < 1.29 is 33.4 Å². The van der Waals surface area contributed by atoms with Crippen molar-refractivity contribution in [2.75, 3.05) is 12.4 Å². The van der Waals surface area contributed by atoms with Gasteiger partial charge in [-0.3, -0.25) is 14.4 Å². The molecule has 0 aliphatic heterocycles. The molecule has 4 amide bonds. The number of benzene rings is 2. The van der Waals surface area contributed by atoms with E-state index in [1.807, 2.05) is 38.1 Å². The lowest BCUT2D eigenvalue weighted by Crippen LogP contribution is -2.60. The molecule has 0 spiro atoms. The number of carbonyl (C=O) groups excluding carboxylic acids is 5. The minimum Gasteiger partial charge on any atom is -0.467 e. The first kappa shape index (κ1) is 37.1. The van der Waals surface area contributed by atoms with E-state index in [0.29, 0.717) is 24.1 Å². The predicted molar refractivity (Wildman–Crippen MR) is 179 cm³/mol. The van der Waals surface area contributed by atoms with Crippen LogP contribution < -0.4 is 16.0 Å². The number of nitrogens with zero attached hydrogens (tertiary/aromatic N) is 1. The highest BCUT2D eigenvalue weighted by atomic mass is 16.6. The SMILES string of the molecule is COC(=O)[C@@H](CC(C)C)N(C(=O)[C@H](NC(=O)OC(C)(C)C)C1Cc2ccccc2C1)C(C(=O)NC(C)C)c1ccc(NC(C)=O)cc1. The van der Waals surface area contributed by atoms with Crippen molar-refractivity contribution in [3.63, 3.8) is 0 Å². The van der Waals surface area contributed by atoms with Crippen molar-refractivity contribution in [3.05, 3.63) is 65.2 Å². The Kier molecular flexibility index (Phi) is 12.6. The summed E-state index contributed by atoms with van der Waals surface area (Å²) in [6.45, 7) is 14.0. The molecule has 0 bridgehead atoms. The molecular formula is C36H50N4O7. The summed E-state index contributed by atoms with van der Waals surface area (Å²) in [5.74, 6) is -2.53. The molecule has 0 saturated heterocycles. The third-order valence-electron chi connectivity index (χ3n) is 7.75. The number of alkyl carbamates (subject to hydrolysis) is 1. The van der Waals surface area contributed by atoms with Gasteiger partial charge in [-0.2, -0.15) is 0 Å². The van der Waals surface area contributed by atoms with Gasteiger partial charge >= 0.3 is 12.1 Å². The van der Waals surface area contributed by atoms with Crippen LogP contribution in [0.1, 0.15) is 84.5 Å². The first-order valence-corrected chi connectivity index (χ1v) is 16.1. The molecular weight excluding hydrogens is 600 g/mol. The molecule has 256 valence electrons. The van der Waals surface area contributed by atoms with E-state index in [9.17, 15) is 19.2 Å². The minimum absolute atomic E-state index is 0.0710. The number of amides is 4. The molecule has 0 heterocycles. The van der Waals surface area contributed by atoms with Crippen molar-refractivity contribution in [3.8, 4) is 0 Å².